The van der Waals surface area contributed by atoms with Crippen molar-refractivity contribution in [2.45, 2.75) is 64.2 Å². The number of piperidine rings is 1. The third-order valence-corrected chi connectivity index (χ3v) is 5.10. The van der Waals surface area contributed by atoms with E-state index >= 15 is 0 Å². The maximum atomic E-state index is 12.7. The molecule has 1 heterocycles. The van der Waals surface area contributed by atoms with Gasteiger partial charge in [-0.05, 0) is 44.2 Å². The van der Waals surface area contributed by atoms with Crippen LogP contribution in [0.3, 0.4) is 0 Å². The van der Waals surface area contributed by atoms with Crippen molar-refractivity contribution in [1.29, 1.82) is 0 Å². The van der Waals surface area contributed by atoms with Crippen LogP contribution in [-0.2, 0) is 0 Å². The molecule has 2 rings (SSSR count). The molecule has 2 atom stereocenters. The molecule has 0 radical (unpaired) electrons. The van der Waals surface area contributed by atoms with Gasteiger partial charge < -0.3 is 5.73 Å². The first-order valence-corrected chi connectivity index (χ1v) is 7.28. The lowest BCUT2D eigenvalue weighted by Crippen LogP contribution is -2.58. The molecule has 1 aliphatic heterocycles. The van der Waals surface area contributed by atoms with Crippen LogP contribution in [-0.4, -0.2) is 36.2 Å². The van der Waals surface area contributed by atoms with Crippen molar-refractivity contribution in [3.8, 4) is 0 Å². The quantitative estimate of drug-likeness (QED) is 0.798. The minimum atomic E-state index is -4.03. The fourth-order valence-electron chi connectivity index (χ4n) is 3.60. The first kappa shape index (κ1) is 15.1. The van der Waals surface area contributed by atoms with Gasteiger partial charge in [-0.3, -0.25) is 4.90 Å². The number of rotatable bonds is 1. The van der Waals surface area contributed by atoms with Gasteiger partial charge in [0.25, 0.3) is 0 Å². The Morgan fingerprint density at radius 2 is 1.68 bits per heavy atom. The summed E-state index contributed by atoms with van der Waals surface area (Å²) < 4.78 is 38.0. The highest BCUT2D eigenvalue weighted by atomic mass is 19.4. The average molecular weight is 278 g/mol. The second-order valence-electron chi connectivity index (χ2n) is 6.83. The van der Waals surface area contributed by atoms with E-state index in [1.165, 1.54) is 0 Å². The molecule has 1 saturated carbocycles. The standard InChI is InChI=1S/C14H25F3N2/c1-13(2)7-3-4-11(12(13)18)19-8-5-10(6-9-19)14(15,16)17/h10-12H,3-9,18H2,1-2H3. The van der Waals surface area contributed by atoms with Crippen LogP contribution in [0.4, 0.5) is 13.2 Å². The van der Waals surface area contributed by atoms with Gasteiger partial charge >= 0.3 is 6.18 Å². The van der Waals surface area contributed by atoms with Crippen LogP contribution in [0.5, 0.6) is 0 Å². The highest BCUT2D eigenvalue weighted by Crippen LogP contribution is 2.39. The maximum absolute atomic E-state index is 12.7. The number of halogens is 3. The smallest absolute Gasteiger partial charge is 0.326 e. The molecule has 0 amide bonds. The zero-order valence-corrected chi connectivity index (χ0v) is 11.8. The molecule has 2 unspecified atom stereocenters. The lowest BCUT2D eigenvalue weighted by Gasteiger charge is -2.48. The van der Waals surface area contributed by atoms with E-state index in [1.54, 1.807) is 0 Å². The van der Waals surface area contributed by atoms with Crippen molar-refractivity contribution >= 4 is 0 Å². The summed E-state index contributed by atoms with van der Waals surface area (Å²) >= 11 is 0. The van der Waals surface area contributed by atoms with E-state index in [1.807, 2.05) is 0 Å². The summed E-state index contributed by atoms with van der Waals surface area (Å²) in [5.41, 5.74) is 6.45. The average Bonchev–Trinajstić information content (AvgIpc) is 2.32. The van der Waals surface area contributed by atoms with Crippen LogP contribution in [0.25, 0.3) is 0 Å². The molecule has 1 saturated heterocycles. The summed E-state index contributed by atoms with van der Waals surface area (Å²) in [4.78, 5) is 2.20. The molecule has 2 N–H and O–H groups in total. The van der Waals surface area contributed by atoms with E-state index < -0.39 is 12.1 Å². The Morgan fingerprint density at radius 3 is 2.21 bits per heavy atom. The Hall–Kier alpha value is -0.290. The summed E-state index contributed by atoms with van der Waals surface area (Å²) in [7, 11) is 0. The normalized spacial score (nSPS) is 34.4. The van der Waals surface area contributed by atoms with E-state index in [9.17, 15) is 13.2 Å². The molecule has 0 bridgehead atoms. The molecule has 0 aromatic heterocycles. The molecule has 0 aromatic carbocycles. The molecule has 2 fully saturated rings. The van der Waals surface area contributed by atoms with Crippen molar-refractivity contribution in [1.82, 2.24) is 4.90 Å². The summed E-state index contributed by atoms with van der Waals surface area (Å²) in [5, 5.41) is 0. The summed E-state index contributed by atoms with van der Waals surface area (Å²) in [6.07, 6.45) is -0.296. The van der Waals surface area contributed by atoms with Crippen molar-refractivity contribution < 1.29 is 13.2 Å². The summed E-state index contributed by atoms with van der Waals surface area (Å²) in [6, 6.07) is 0.335. The fourth-order valence-corrected chi connectivity index (χ4v) is 3.60. The van der Waals surface area contributed by atoms with Gasteiger partial charge in [-0.1, -0.05) is 20.3 Å². The van der Waals surface area contributed by atoms with Crippen LogP contribution < -0.4 is 5.73 Å². The Morgan fingerprint density at radius 1 is 1.11 bits per heavy atom. The van der Waals surface area contributed by atoms with Crippen molar-refractivity contribution in [2.24, 2.45) is 17.1 Å². The Balaban J connectivity index is 1.94. The second kappa shape index (κ2) is 5.24. The van der Waals surface area contributed by atoms with E-state index in [0.29, 0.717) is 13.1 Å². The molecule has 2 nitrogen and oxygen atoms in total. The van der Waals surface area contributed by atoms with E-state index in [2.05, 4.69) is 18.7 Å². The minimum absolute atomic E-state index is 0.0729. The molecule has 5 heteroatoms. The molecule has 112 valence electrons. The van der Waals surface area contributed by atoms with E-state index in [0.717, 1.165) is 19.3 Å². The molecule has 2 aliphatic rings. The lowest BCUT2D eigenvalue weighted by molar-refractivity contribution is -0.187. The van der Waals surface area contributed by atoms with Crippen molar-refractivity contribution in [2.75, 3.05) is 13.1 Å². The topological polar surface area (TPSA) is 29.3 Å². The lowest BCUT2D eigenvalue weighted by atomic mass is 9.70. The molecule has 0 aromatic rings. The Kier molecular flexibility index (Phi) is 4.17. The number of nitrogens with two attached hydrogens (primary N) is 1. The van der Waals surface area contributed by atoms with E-state index in [-0.39, 0.29) is 30.3 Å². The molecule has 0 spiro atoms. The monoisotopic (exact) mass is 278 g/mol. The zero-order valence-electron chi connectivity index (χ0n) is 11.8. The van der Waals surface area contributed by atoms with Crippen LogP contribution >= 0.6 is 0 Å². The third-order valence-electron chi connectivity index (χ3n) is 5.10. The molecular weight excluding hydrogens is 253 g/mol. The minimum Gasteiger partial charge on any atom is -0.326 e. The largest absolute Gasteiger partial charge is 0.391 e. The van der Waals surface area contributed by atoms with Crippen molar-refractivity contribution in [3.63, 3.8) is 0 Å². The van der Waals surface area contributed by atoms with Crippen LogP contribution in [0.15, 0.2) is 0 Å². The van der Waals surface area contributed by atoms with E-state index in [4.69, 9.17) is 5.73 Å². The SMILES string of the molecule is CC1(C)CCCC(N2CCC(C(F)(F)F)CC2)C1N. The first-order chi connectivity index (χ1) is 8.72. The van der Waals surface area contributed by atoms with Gasteiger partial charge in [0.1, 0.15) is 0 Å². The number of nitrogens with zero attached hydrogens (tertiary/aromatic N) is 1. The molecule has 19 heavy (non-hydrogen) atoms. The Labute approximate surface area is 113 Å². The molecular formula is C14H25F3N2. The summed E-state index contributed by atoms with van der Waals surface area (Å²) in [6.45, 7) is 5.43. The predicted octanol–water partition coefficient (Wildman–Crippen LogP) is 3.17. The predicted molar refractivity (Wildman–Crippen MR) is 69.7 cm³/mol. The van der Waals surface area contributed by atoms with Crippen molar-refractivity contribution in [3.05, 3.63) is 0 Å². The number of hydrogen-bond donors (Lipinski definition) is 1. The first-order valence-electron chi connectivity index (χ1n) is 7.28. The van der Waals surface area contributed by atoms with Crippen LogP contribution in [0.1, 0.15) is 46.0 Å². The number of hydrogen-bond acceptors (Lipinski definition) is 2. The second-order valence-corrected chi connectivity index (χ2v) is 6.83. The number of alkyl halides is 3. The highest BCUT2D eigenvalue weighted by molar-refractivity contribution is 4.97. The Bertz CT molecular complexity index is 306. The number of likely N-dealkylation sites (tertiary alicyclic amines) is 1. The maximum Gasteiger partial charge on any atom is 0.391 e. The summed E-state index contributed by atoms with van der Waals surface area (Å²) in [5.74, 6) is -1.11. The van der Waals surface area contributed by atoms with Gasteiger partial charge in [0.15, 0.2) is 0 Å². The van der Waals surface area contributed by atoms with Gasteiger partial charge in [0.05, 0.1) is 5.92 Å². The highest BCUT2D eigenvalue weighted by Gasteiger charge is 2.44. The van der Waals surface area contributed by atoms with Gasteiger partial charge in [-0.2, -0.15) is 13.2 Å². The third kappa shape index (κ3) is 3.24. The van der Waals surface area contributed by atoms with Gasteiger partial charge in [-0.15, -0.1) is 0 Å². The fraction of sp³-hybridized carbons (Fsp3) is 1.00. The van der Waals surface area contributed by atoms with Gasteiger partial charge in [0.2, 0.25) is 0 Å². The van der Waals surface area contributed by atoms with Crippen LogP contribution in [0.2, 0.25) is 0 Å². The zero-order chi connectivity index (χ0) is 14.3. The molecule has 1 aliphatic carbocycles. The van der Waals surface area contributed by atoms with Gasteiger partial charge in [-0.25, -0.2) is 0 Å². The van der Waals surface area contributed by atoms with Gasteiger partial charge in [0, 0.05) is 12.1 Å². The van der Waals surface area contributed by atoms with Crippen LogP contribution in [0, 0.1) is 11.3 Å².